The fourth-order valence-electron chi connectivity index (χ4n) is 6.18. The number of amides is 3. The molecule has 3 atom stereocenters. The first kappa shape index (κ1) is 39.9. The Morgan fingerprint density at radius 1 is 1.04 bits per heavy atom. The summed E-state index contributed by atoms with van der Waals surface area (Å²) < 4.78 is 34.2. The summed E-state index contributed by atoms with van der Waals surface area (Å²) in [6.07, 6.45) is 0.102. The zero-order valence-corrected chi connectivity index (χ0v) is 32.0. The van der Waals surface area contributed by atoms with Crippen molar-refractivity contribution in [2.24, 2.45) is 11.8 Å². The number of urea groups is 1. The Hall–Kier alpha value is -3.85. The van der Waals surface area contributed by atoms with E-state index in [1.165, 1.54) is 34.9 Å². The van der Waals surface area contributed by atoms with Crippen LogP contribution in [0, 0.1) is 11.8 Å². The number of sulfonamides is 1. The monoisotopic (exact) mass is 741 g/mol. The van der Waals surface area contributed by atoms with Gasteiger partial charge in [0.25, 0.3) is 0 Å². The number of hydrogen-bond acceptors (Lipinski definition) is 9. The highest BCUT2D eigenvalue weighted by Crippen LogP contribution is 2.24. The number of nitrogens with zero attached hydrogens (tertiary/aromatic N) is 4. The lowest BCUT2D eigenvalue weighted by atomic mass is 9.97. The minimum Gasteiger partial charge on any atom is -0.497 e. The molecule has 1 saturated heterocycles. The standard InChI is InChI=1S/C37H51N5O7S2/c1-7-11-32(43)36-38-28(24-50-36)22-40-18-19-42(37(40)46)34(26(4)5)35(45)39-31(20-27-12-9-8-10-13-27)33(44)23-41(21-25(2)3)51(47,48)30-16-14-29(49-6)15-17-30/h8-10,12-17,24-26,31,33-34,44H,7,11,18-23H2,1-6H3,(H,39,45)/t31-,33+,34-/m0/s1. The van der Waals surface area contributed by atoms with Gasteiger partial charge in [-0.25, -0.2) is 18.2 Å². The van der Waals surface area contributed by atoms with Gasteiger partial charge in [-0.2, -0.15) is 4.31 Å². The molecule has 1 aromatic heterocycles. The predicted molar refractivity (Wildman–Crippen MR) is 197 cm³/mol. The number of carbonyl (C=O) groups is 3. The summed E-state index contributed by atoms with van der Waals surface area (Å²) in [5, 5.41) is 17.0. The highest BCUT2D eigenvalue weighted by atomic mass is 32.2. The van der Waals surface area contributed by atoms with Crippen molar-refractivity contribution in [1.29, 1.82) is 0 Å². The molecule has 2 aromatic carbocycles. The van der Waals surface area contributed by atoms with E-state index in [0.29, 0.717) is 36.0 Å². The Bertz CT molecular complexity index is 1710. The van der Waals surface area contributed by atoms with Gasteiger partial charge in [0.05, 0.1) is 36.4 Å². The molecule has 1 aliphatic rings. The first-order valence-corrected chi connectivity index (χ1v) is 19.8. The van der Waals surface area contributed by atoms with Crippen molar-refractivity contribution in [2.45, 2.75) is 83.5 Å². The average molecular weight is 742 g/mol. The second-order valence-corrected chi connectivity index (χ2v) is 16.5. The molecule has 2 heterocycles. The molecule has 278 valence electrons. The molecule has 0 saturated carbocycles. The maximum Gasteiger partial charge on any atom is 0.321 e. The van der Waals surface area contributed by atoms with Crippen LogP contribution in [0.15, 0.2) is 64.9 Å². The maximum atomic E-state index is 14.1. The zero-order valence-electron chi connectivity index (χ0n) is 30.3. The summed E-state index contributed by atoms with van der Waals surface area (Å²) in [4.78, 5) is 47.8. The van der Waals surface area contributed by atoms with E-state index in [1.807, 2.05) is 65.0 Å². The normalized spacial score (nSPS) is 15.5. The molecule has 0 bridgehead atoms. The largest absolute Gasteiger partial charge is 0.497 e. The topological polar surface area (TPSA) is 149 Å². The number of aromatic nitrogens is 1. The number of ether oxygens (including phenoxy) is 1. The third kappa shape index (κ3) is 10.4. The number of methoxy groups -OCH3 is 1. The van der Waals surface area contributed by atoms with E-state index in [1.54, 1.807) is 27.3 Å². The third-order valence-corrected chi connectivity index (χ3v) is 11.5. The molecule has 0 spiro atoms. The number of ketones is 1. The van der Waals surface area contributed by atoms with E-state index in [0.717, 1.165) is 12.0 Å². The van der Waals surface area contributed by atoms with Crippen LogP contribution in [0.25, 0.3) is 0 Å². The molecule has 4 rings (SSSR count). The smallest absolute Gasteiger partial charge is 0.321 e. The van der Waals surface area contributed by atoms with Crippen molar-refractivity contribution < 1.29 is 32.6 Å². The number of rotatable bonds is 19. The summed E-state index contributed by atoms with van der Waals surface area (Å²) in [6, 6.07) is 13.4. The minimum atomic E-state index is -4.02. The van der Waals surface area contributed by atoms with Gasteiger partial charge in [0, 0.05) is 38.0 Å². The van der Waals surface area contributed by atoms with Gasteiger partial charge in [-0.15, -0.1) is 11.3 Å². The van der Waals surface area contributed by atoms with E-state index in [2.05, 4.69) is 10.3 Å². The highest BCUT2D eigenvalue weighted by Gasteiger charge is 2.40. The van der Waals surface area contributed by atoms with E-state index in [-0.39, 0.29) is 54.6 Å². The van der Waals surface area contributed by atoms with Crippen molar-refractivity contribution in [3.63, 3.8) is 0 Å². The summed E-state index contributed by atoms with van der Waals surface area (Å²) in [7, 11) is -2.51. The van der Waals surface area contributed by atoms with Crippen molar-refractivity contribution in [1.82, 2.24) is 24.4 Å². The molecule has 3 aromatic rings. The first-order chi connectivity index (χ1) is 24.2. The van der Waals surface area contributed by atoms with Gasteiger partial charge in [0.15, 0.2) is 10.8 Å². The Morgan fingerprint density at radius 2 is 1.73 bits per heavy atom. The van der Waals surface area contributed by atoms with Gasteiger partial charge < -0.3 is 25.0 Å². The van der Waals surface area contributed by atoms with Crippen LogP contribution >= 0.6 is 11.3 Å². The third-order valence-electron chi connectivity index (χ3n) is 8.73. The van der Waals surface area contributed by atoms with Crippen LogP contribution in [0.3, 0.4) is 0 Å². The van der Waals surface area contributed by atoms with Crippen LogP contribution in [0.2, 0.25) is 0 Å². The molecule has 2 N–H and O–H groups in total. The van der Waals surface area contributed by atoms with Gasteiger partial charge in [0.2, 0.25) is 15.9 Å². The number of aliphatic hydroxyl groups excluding tert-OH is 1. The second kappa shape index (κ2) is 18.1. The summed E-state index contributed by atoms with van der Waals surface area (Å²) in [6.45, 7) is 10.3. The minimum absolute atomic E-state index is 0.0161. The molecule has 3 amide bonds. The molecule has 1 fully saturated rings. The molecule has 51 heavy (non-hydrogen) atoms. The molecular formula is C37H51N5O7S2. The number of carbonyl (C=O) groups excluding carboxylic acids is 3. The second-order valence-electron chi connectivity index (χ2n) is 13.7. The van der Waals surface area contributed by atoms with Gasteiger partial charge >= 0.3 is 6.03 Å². The molecule has 12 nitrogen and oxygen atoms in total. The lowest BCUT2D eigenvalue weighted by Gasteiger charge is -2.34. The van der Waals surface area contributed by atoms with Crippen LogP contribution in [-0.4, -0.2) is 102 Å². The van der Waals surface area contributed by atoms with Crippen molar-refractivity contribution in [3.8, 4) is 5.75 Å². The summed E-state index contributed by atoms with van der Waals surface area (Å²) >= 11 is 1.27. The highest BCUT2D eigenvalue weighted by molar-refractivity contribution is 7.89. The van der Waals surface area contributed by atoms with Crippen LogP contribution in [0.1, 0.15) is 68.5 Å². The molecule has 0 radical (unpaired) electrons. The number of benzene rings is 2. The lowest BCUT2D eigenvalue weighted by molar-refractivity contribution is -0.128. The Kier molecular flexibility index (Phi) is 14.1. The Morgan fingerprint density at radius 3 is 2.33 bits per heavy atom. The van der Waals surface area contributed by atoms with Crippen LogP contribution in [-0.2, 0) is 27.8 Å². The van der Waals surface area contributed by atoms with Crippen molar-refractivity contribution >= 4 is 39.1 Å². The van der Waals surface area contributed by atoms with Gasteiger partial charge in [-0.05, 0) is 54.5 Å². The summed E-state index contributed by atoms with van der Waals surface area (Å²) in [5.41, 5.74) is 1.47. The number of aliphatic hydroxyl groups is 1. The van der Waals surface area contributed by atoms with E-state index >= 15 is 0 Å². The molecule has 14 heteroatoms. The zero-order chi connectivity index (χ0) is 37.3. The fraction of sp³-hybridized carbons (Fsp3) is 0.514. The molecule has 1 aliphatic heterocycles. The van der Waals surface area contributed by atoms with Crippen LogP contribution in [0.5, 0.6) is 5.75 Å². The van der Waals surface area contributed by atoms with Crippen LogP contribution in [0.4, 0.5) is 4.79 Å². The maximum absolute atomic E-state index is 14.1. The van der Waals surface area contributed by atoms with E-state index < -0.39 is 34.1 Å². The van der Waals surface area contributed by atoms with Gasteiger partial charge in [0.1, 0.15) is 11.8 Å². The van der Waals surface area contributed by atoms with E-state index in [9.17, 15) is 27.9 Å². The average Bonchev–Trinajstić information content (AvgIpc) is 3.71. The molecular weight excluding hydrogens is 691 g/mol. The Labute approximate surface area is 305 Å². The van der Waals surface area contributed by atoms with Crippen molar-refractivity contribution in [2.75, 3.05) is 33.3 Å². The van der Waals surface area contributed by atoms with E-state index in [4.69, 9.17) is 4.74 Å². The van der Waals surface area contributed by atoms with Crippen LogP contribution < -0.4 is 10.1 Å². The predicted octanol–water partition coefficient (Wildman–Crippen LogP) is 4.83. The SMILES string of the molecule is CCCC(=O)c1nc(CN2CCN([C@H](C(=O)N[C@@H](Cc3ccccc3)[C@H](O)CN(CC(C)C)S(=O)(=O)c3ccc(OC)cc3)C(C)C)C2=O)cs1. The summed E-state index contributed by atoms with van der Waals surface area (Å²) in [5.74, 6) is -0.249. The number of Topliss-reactive ketones (excluding diaryl/α,β-unsaturated/α-hetero) is 1. The molecule has 0 unspecified atom stereocenters. The fourth-order valence-corrected chi connectivity index (χ4v) is 8.58. The Balaban J connectivity index is 1.54. The lowest BCUT2D eigenvalue weighted by Crippen LogP contribution is -2.57. The first-order valence-electron chi connectivity index (χ1n) is 17.4. The quantitative estimate of drug-likeness (QED) is 0.166. The number of hydrogen-bond donors (Lipinski definition) is 2. The number of nitrogens with one attached hydrogen (secondary N) is 1. The van der Waals surface area contributed by atoms with Gasteiger partial charge in [-0.1, -0.05) is 65.0 Å². The van der Waals surface area contributed by atoms with Gasteiger partial charge in [-0.3, -0.25) is 9.59 Å². The van der Waals surface area contributed by atoms with Crippen molar-refractivity contribution in [3.05, 3.63) is 76.2 Å². The molecule has 0 aliphatic carbocycles. The number of thiazole rings is 1.